The summed E-state index contributed by atoms with van der Waals surface area (Å²) in [6.07, 6.45) is 0.567. The normalized spacial score (nSPS) is 9.95. The lowest BCUT2D eigenvalue weighted by Gasteiger charge is -2.12. The number of carbonyl (C=O) groups is 2. The van der Waals surface area contributed by atoms with Crippen molar-refractivity contribution in [2.45, 2.75) is 26.7 Å². The molecule has 0 saturated heterocycles. The first-order valence-electron chi connectivity index (χ1n) is 6.62. The van der Waals surface area contributed by atoms with Gasteiger partial charge >= 0.3 is 11.9 Å². The molecule has 0 spiro atoms. The fourth-order valence-corrected chi connectivity index (χ4v) is 1.88. The first-order valence-corrected chi connectivity index (χ1v) is 6.62. The summed E-state index contributed by atoms with van der Waals surface area (Å²) in [4.78, 5) is 23.4. The van der Waals surface area contributed by atoms with Gasteiger partial charge in [-0.1, -0.05) is 6.07 Å². The van der Waals surface area contributed by atoms with Gasteiger partial charge in [0.05, 0.1) is 25.9 Å². The molecule has 110 valence electrons. The van der Waals surface area contributed by atoms with Crippen LogP contribution in [0.5, 0.6) is 5.75 Å². The Morgan fingerprint density at radius 2 is 1.80 bits per heavy atom. The Balaban J connectivity index is 2.95. The number of hydrogen-bond acceptors (Lipinski definition) is 5. The zero-order chi connectivity index (χ0) is 15.0. The molecule has 0 saturated carbocycles. The molecule has 0 heterocycles. The van der Waals surface area contributed by atoms with E-state index in [1.165, 1.54) is 7.11 Å². The number of ether oxygens (including phenoxy) is 3. The standard InChI is InChI=1S/C15H20O5/c1-4-19-14(16)10-9-11-12(15(17)20-5-2)7-6-8-13(11)18-3/h6-8H,4-5,9-10H2,1-3H3. The third kappa shape index (κ3) is 4.26. The van der Waals surface area contributed by atoms with Crippen LogP contribution in [0.4, 0.5) is 0 Å². The van der Waals surface area contributed by atoms with Gasteiger partial charge in [0.1, 0.15) is 5.75 Å². The third-order valence-electron chi connectivity index (χ3n) is 2.73. The van der Waals surface area contributed by atoms with E-state index < -0.39 is 5.97 Å². The topological polar surface area (TPSA) is 61.8 Å². The zero-order valence-electron chi connectivity index (χ0n) is 12.1. The van der Waals surface area contributed by atoms with E-state index in [-0.39, 0.29) is 12.4 Å². The predicted molar refractivity (Wildman–Crippen MR) is 73.9 cm³/mol. The molecule has 5 heteroatoms. The molecule has 0 N–H and O–H groups in total. The van der Waals surface area contributed by atoms with Crippen molar-refractivity contribution in [1.82, 2.24) is 0 Å². The van der Waals surface area contributed by atoms with Gasteiger partial charge in [-0.15, -0.1) is 0 Å². The molecule has 5 nitrogen and oxygen atoms in total. The van der Waals surface area contributed by atoms with Gasteiger partial charge in [-0.25, -0.2) is 4.79 Å². The van der Waals surface area contributed by atoms with Crippen LogP contribution >= 0.6 is 0 Å². The molecule has 1 aromatic rings. The highest BCUT2D eigenvalue weighted by Gasteiger charge is 2.17. The van der Waals surface area contributed by atoms with Crippen molar-refractivity contribution in [2.75, 3.05) is 20.3 Å². The molecule has 1 rings (SSSR count). The lowest BCUT2D eigenvalue weighted by molar-refractivity contribution is -0.143. The van der Waals surface area contributed by atoms with E-state index >= 15 is 0 Å². The highest BCUT2D eigenvalue weighted by atomic mass is 16.5. The van der Waals surface area contributed by atoms with Gasteiger partial charge in [-0.3, -0.25) is 4.79 Å². The lowest BCUT2D eigenvalue weighted by atomic mass is 10.0. The maximum Gasteiger partial charge on any atom is 0.338 e. The first-order chi connectivity index (χ1) is 9.63. The van der Waals surface area contributed by atoms with Crippen LogP contribution in [0.2, 0.25) is 0 Å². The Morgan fingerprint density at radius 3 is 2.40 bits per heavy atom. The number of hydrogen-bond donors (Lipinski definition) is 0. The van der Waals surface area contributed by atoms with E-state index in [0.717, 1.165) is 0 Å². The van der Waals surface area contributed by atoms with E-state index in [1.54, 1.807) is 32.0 Å². The molecule has 0 aromatic heterocycles. The fourth-order valence-electron chi connectivity index (χ4n) is 1.88. The zero-order valence-corrected chi connectivity index (χ0v) is 12.1. The van der Waals surface area contributed by atoms with Gasteiger partial charge in [-0.2, -0.15) is 0 Å². The number of methoxy groups -OCH3 is 1. The van der Waals surface area contributed by atoms with Crippen molar-refractivity contribution in [3.63, 3.8) is 0 Å². The quantitative estimate of drug-likeness (QED) is 0.717. The van der Waals surface area contributed by atoms with Crippen LogP contribution in [0.25, 0.3) is 0 Å². The lowest BCUT2D eigenvalue weighted by Crippen LogP contribution is -2.11. The Kier molecular flexibility index (Phi) is 6.56. The Bertz CT molecular complexity index is 467. The minimum absolute atomic E-state index is 0.195. The largest absolute Gasteiger partial charge is 0.496 e. The molecule has 0 radical (unpaired) electrons. The fraction of sp³-hybridized carbons (Fsp3) is 0.467. The van der Waals surface area contributed by atoms with Crippen molar-refractivity contribution in [1.29, 1.82) is 0 Å². The monoisotopic (exact) mass is 280 g/mol. The molecule has 0 fully saturated rings. The summed E-state index contributed by atoms with van der Waals surface area (Å²) >= 11 is 0. The van der Waals surface area contributed by atoms with E-state index in [0.29, 0.717) is 36.5 Å². The summed E-state index contributed by atoms with van der Waals surface area (Å²) < 4.78 is 15.1. The van der Waals surface area contributed by atoms with Gasteiger partial charge < -0.3 is 14.2 Å². The van der Waals surface area contributed by atoms with Gasteiger partial charge in [0, 0.05) is 12.0 Å². The van der Waals surface area contributed by atoms with Crippen molar-refractivity contribution >= 4 is 11.9 Å². The molecule has 0 amide bonds. The third-order valence-corrected chi connectivity index (χ3v) is 2.73. The smallest absolute Gasteiger partial charge is 0.338 e. The first kappa shape index (κ1) is 16.0. The SMILES string of the molecule is CCOC(=O)CCc1c(OC)cccc1C(=O)OCC. The van der Waals surface area contributed by atoms with Gasteiger partial charge in [0.15, 0.2) is 0 Å². The average Bonchev–Trinajstić information content (AvgIpc) is 2.45. The van der Waals surface area contributed by atoms with E-state index in [9.17, 15) is 9.59 Å². The van der Waals surface area contributed by atoms with Crippen LogP contribution in [0.15, 0.2) is 18.2 Å². The second-order valence-electron chi connectivity index (χ2n) is 4.01. The van der Waals surface area contributed by atoms with Crippen LogP contribution in [0, 0.1) is 0 Å². The van der Waals surface area contributed by atoms with Crippen LogP contribution in [-0.4, -0.2) is 32.3 Å². The highest BCUT2D eigenvalue weighted by Crippen LogP contribution is 2.24. The molecule has 1 aromatic carbocycles. The van der Waals surface area contributed by atoms with Crippen molar-refractivity contribution in [3.05, 3.63) is 29.3 Å². The van der Waals surface area contributed by atoms with Crippen molar-refractivity contribution in [2.24, 2.45) is 0 Å². The van der Waals surface area contributed by atoms with Gasteiger partial charge in [-0.05, 0) is 32.4 Å². The Hall–Kier alpha value is -2.04. The summed E-state index contributed by atoms with van der Waals surface area (Å²) in [5.41, 5.74) is 1.09. The van der Waals surface area contributed by atoms with E-state index in [1.807, 2.05) is 0 Å². The summed E-state index contributed by atoms with van der Waals surface area (Å²) in [5.74, 6) is -0.140. The molecule has 0 unspecified atom stereocenters. The molecule has 20 heavy (non-hydrogen) atoms. The van der Waals surface area contributed by atoms with Crippen molar-refractivity contribution < 1.29 is 23.8 Å². The summed E-state index contributed by atoms with van der Waals surface area (Å²) in [5, 5.41) is 0. The molecule has 0 aliphatic carbocycles. The predicted octanol–water partition coefficient (Wildman–Crippen LogP) is 2.37. The summed E-state index contributed by atoms with van der Waals surface area (Å²) in [7, 11) is 1.53. The molecule has 0 atom stereocenters. The van der Waals surface area contributed by atoms with Gasteiger partial charge in [0.2, 0.25) is 0 Å². The molecular formula is C15H20O5. The second kappa shape index (κ2) is 8.19. The minimum Gasteiger partial charge on any atom is -0.496 e. The summed E-state index contributed by atoms with van der Waals surface area (Å²) in [6, 6.07) is 5.14. The van der Waals surface area contributed by atoms with Gasteiger partial charge in [0.25, 0.3) is 0 Å². The van der Waals surface area contributed by atoms with Crippen LogP contribution in [-0.2, 0) is 20.7 Å². The molecule has 0 bridgehead atoms. The second-order valence-corrected chi connectivity index (χ2v) is 4.01. The maximum atomic E-state index is 11.9. The highest BCUT2D eigenvalue weighted by molar-refractivity contribution is 5.92. The van der Waals surface area contributed by atoms with Crippen molar-refractivity contribution in [3.8, 4) is 5.75 Å². The number of benzene rings is 1. The number of carbonyl (C=O) groups excluding carboxylic acids is 2. The summed E-state index contributed by atoms with van der Waals surface area (Å²) in [6.45, 7) is 4.14. The van der Waals surface area contributed by atoms with E-state index in [4.69, 9.17) is 14.2 Å². The van der Waals surface area contributed by atoms with Crippen LogP contribution in [0.1, 0.15) is 36.2 Å². The molecule has 0 aliphatic rings. The minimum atomic E-state index is -0.412. The van der Waals surface area contributed by atoms with Crippen LogP contribution < -0.4 is 4.74 Å². The van der Waals surface area contributed by atoms with E-state index in [2.05, 4.69) is 0 Å². The average molecular weight is 280 g/mol. The molecule has 0 aliphatic heterocycles. The maximum absolute atomic E-state index is 11.9. The number of esters is 2. The Labute approximate surface area is 118 Å². The van der Waals surface area contributed by atoms with Crippen LogP contribution in [0.3, 0.4) is 0 Å². The molecular weight excluding hydrogens is 260 g/mol. The number of rotatable bonds is 7. The Morgan fingerprint density at radius 1 is 1.10 bits per heavy atom.